The molecule has 0 radical (unpaired) electrons. The van der Waals surface area contributed by atoms with E-state index < -0.39 is 12.0 Å². The quantitative estimate of drug-likeness (QED) is 0.893. The van der Waals surface area contributed by atoms with Crippen molar-refractivity contribution < 1.29 is 9.90 Å². The first kappa shape index (κ1) is 13.4. The number of hydrogen-bond acceptors (Lipinski definition) is 2. The van der Waals surface area contributed by atoms with Crippen LogP contribution in [0, 0.1) is 0 Å². The van der Waals surface area contributed by atoms with E-state index in [0.717, 1.165) is 10.0 Å². The van der Waals surface area contributed by atoms with Gasteiger partial charge >= 0.3 is 5.97 Å². The Morgan fingerprint density at radius 3 is 2.36 bits per heavy atom. The Hall–Kier alpha value is -0.580. The van der Waals surface area contributed by atoms with Crippen molar-refractivity contribution in [1.82, 2.24) is 0 Å². The van der Waals surface area contributed by atoms with Gasteiger partial charge < -0.3 is 10.8 Å². The lowest BCUT2D eigenvalue weighted by atomic mass is 10.1. The van der Waals surface area contributed by atoms with E-state index in [1.807, 2.05) is 24.3 Å². The first-order valence-corrected chi connectivity index (χ1v) is 4.61. The molecule has 78 valence electrons. The van der Waals surface area contributed by atoms with E-state index in [1.54, 1.807) is 0 Å². The Kier molecular flexibility index (Phi) is 5.76. The van der Waals surface area contributed by atoms with Crippen molar-refractivity contribution in [2.75, 3.05) is 0 Å². The van der Waals surface area contributed by atoms with E-state index in [4.69, 9.17) is 10.8 Å². The molecule has 0 aliphatic carbocycles. The van der Waals surface area contributed by atoms with Crippen LogP contribution in [0.2, 0.25) is 0 Å². The standard InChI is InChI=1S/C9H10BrNO2.ClH/c10-7-3-1-6(2-4-7)8(11)5-9(12)13;/h1-4,8H,5,11H2,(H,12,13);1H. The van der Waals surface area contributed by atoms with Gasteiger partial charge in [-0.2, -0.15) is 0 Å². The maximum Gasteiger partial charge on any atom is 0.305 e. The number of benzene rings is 1. The Morgan fingerprint density at radius 1 is 1.43 bits per heavy atom. The van der Waals surface area contributed by atoms with Crippen LogP contribution in [-0.2, 0) is 4.79 Å². The van der Waals surface area contributed by atoms with Crippen LogP contribution in [-0.4, -0.2) is 11.1 Å². The average molecular weight is 281 g/mol. The van der Waals surface area contributed by atoms with Crippen molar-refractivity contribution >= 4 is 34.3 Å². The van der Waals surface area contributed by atoms with Gasteiger partial charge in [-0.3, -0.25) is 4.79 Å². The Morgan fingerprint density at radius 2 is 1.93 bits per heavy atom. The molecule has 1 atom stereocenters. The Bertz CT molecular complexity index is 302. The third-order valence-corrected chi connectivity index (χ3v) is 2.22. The number of halogens is 2. The van der Waals surface area contributed by atoms with Crippen molar-refractivity contribution in [3.05, 3.63) is 34.3 Å². The summed E-state index contributed by atoms with van der Waals surface area (Å²) in [6, 6.07) is 6.90. The lowest BCUT2D eigenvalue weighted by molar-refractivity contribution is -0.137. The minimum absolute atomic E-state index is 0. The molecular formula is C9H11BrClNO2. The zero-order valence-electron chi connectivity index (χ0n) is 7.31. The summed E-state index contributed by atoms with van der Waals surface area (Å²) in [5, 5.41) is 8.51. The number of carbonyl (C=O) groups is 1. The average Bonchev–Trinajstić information content (AvgIpc) is 2.04. The molecule has 0 aliphatic heterocycles. The van der Waals surface area contributed by atoms with E-state index in [1.165, 1.54) is 0 Å². The summed E-state index contributed by atoms with van der Waals surface area (Å²) < 4.78 is 0.957. The van der Waals surface area contributed by atoms with Gasteiger partial charge in [0.05, 0.1) is 6.42 Å². The highest BCUT2D eigenvalue weighted by atomic mass is 79.9. The second-order valence-electron chi connectivity index (χ2n) is 2.76. The molecule has 0 saturated heterocycles. The fourth-order valence-corrected chi connectivity index (χ4v) is 1.28. The number of rotatable bonds is 3. The van der Waals surface area contributed by atoms with Gasteiger partial charge in [-0.25, -0.2) is 0 Å². The molecular weight excluding hydrogens is 269 g/mol. The third kappa shape index (κ3) is 4.09. The molecule has 0 bridgehead atoms. The molecule has 0 spiro atoms. The molecule has 0 aromatic heterocycles. The summed E-state index contributed by atoms with van der Waals surface area (Å²) in [6.45, 7) is 0. The van der Waals surface area contributed by atoms with E-state index in [2.05, 4.69) is 15.9 Å². The second kappa shape index (κ2) is 6.01. The summed E-state index contributed by atoms with van der Waals surface area (Å²) in [5.74, 6) is -0.879. The van der Waals surface area contributed by atoms with Crippen LogP contribution in [0.25, 0.3) is 0 Å². The molecule has 5 heteroatoms. The lowest BCUT2D eigenvalue weighted by Gasteiger charge is -2.08. The molecule has 1 aromatic rings. The van der Waals surface area contributed by atoms with Crippen molar-refractivity contribution in [2.45, 2.75) is 12.5 Å². The molecule has 0 aliphatic rings. The molecule has 1 unspecified atom stereocenters. The summed E-state index contributed by atoms with van der Waals surface area (Å²) in [5.41, 5.74) is 6.49. The second-order valence-corrected chi connectivity index (χ2v) is 3.67. The van der Waals surface area contributed by atoms with Gasteiger partial charge in [0.1, 0.15) is 0 Å². The van der Waals surface area contributed by atoms with Crippen LogP contribution in [0.5, 0.6) is 0 Å². The van der Waals surface area contributed by atoms with E-state index in [-0.39, 0.29) is 18.8 Å². The molecule has 0 fully saturated rings. The lowest BCUT2D eigenvalue weighted by Crippen LogP contribution is -2.14. The van der Waals surface area contributed by atoms with Crippen molar-refractivity contribution in [2.24, 2.45) is 5.73 Å². The van der Waals surface area contributed by atoms with Crippen LogP contribution >= 0.6 is 28.3 Å². The number of nitrogens with two attached hydrogens (primary N) is 1. The van der Waals surface area contributed by atoms with Gasteiger partial charge in [0, 0.05) is 10.5 Å². The summed E-state index contributed by atoms with van der Waals surface area (Å²) >= 11 is 3.29. The van der Waals surface area contributed by atoms with E-state index in [9.17, 15) is 4.79 Å². The predicted molar refractivity (Wildman–Crippen MR) is 60.6 cm³/mol. The van der Waals surface area contributed by atoms with Crippen LogP contribution in [0.3, 0.4) is 0 Å². The van der Waals surface area contributed by atoms with Crippen LogP contribution < -0.4 is 5.73 Å². The normalized spacial score (nSPS) is 11.6. The molecule has 1 aromatic carbocycles. The summed E-state index contributed by atoms with van der Waals surface area (Å²) in [6.07, 6.45) is -0.0400. The van der Waals surface area contributed by atoms with Gasteiger partial charge in [-0.15, -0.1) is 12.4 Å². The highest BCUT2D eigenvalue weighted by Gasteiger charge is 2.09. The van der Waals surface area contributed by atoms with Gasteiger partial charge in [0.2, 0.25) is 0 Å². The van der Waals surface area contributed by atoms with Crippen LogP contribution in [0.1, 0.15) is 18.0 Å². The number of carboxylic acid groups (broad SMARTS) is 1. The first-order valence-electron chi connectivity index (χ1n) is 3.82. The summed E-state index contributed by atoms with van der Waals surface area (Å²) in [7, 11) is 0. The third-order valence-electron chi connectivity index (χ3n) is 1.69. The highest BCUT2D eigenvalue weighted by Crippen LogP contribution is 2.17. The number of carboxylic acids is 1. The molecule has 3 N–H and O–H groups in total. The number of hydrogen-bond donors (Lipinski definition) is 2. The fourth-order valence-electron chi connectivity index (χ4n) is 1.02. The fraction of sp³-hybridized carbons (Fsp3) is 0.222. The number of aliphatic carboxylic acids is 1. The zero-order valence-corrected chi connectivity index (χ0v) is 9.72. The van der Waals surface area contributed by atoms with Crippen molar-refractivity contribution in [1.29, 1.82) is 0 Å². The molecule has 0 amide bonds. The van der Waals surface area contributed by atoms with Crippen molar-refractivity contribution in [3.63, 3.8) is 0 Å². The molecule has 3 nitrogen and oxygen atoms in total. The van der Waals surface area contributed by atoms with Gasteiger partial charge in [-0.1, -0.05) is 28.1 Å². The molecule has 14 heavy (non-hydrogen) atoms. The van der Waals surface area contributed by atoms with Gasteiger partial charge in [0.15, 0.2) is 0 Å². The monoisotopic (exact) mass is 279 g/mol. The van der Waals surface area contributed by atoms with Crippen LogP contribution in [0.15, 0.2) is 28.7 Å². The van der Waals surface area contributed by atoms with Crippen LogP contribution in [0.4, 0.5) is 0 Å². The summed E-state index contributed by atoms with van der Waals surface area (Å²) in [4.78, 5) is 10.4. The van der Waals surface area contributed by atoms with Gasteiger partial charge in [0.25, 0.3) is 0 Å². The largest absolute Gasteiger partial charge is 0.481 e. The maximum atomic E-state index is 10.4. The Labute approximate surface area is 96.8 Å². The maximum absolute atomic E-state index is 10.4. The topological polar surface area (TPSA) is 63.3 Å². The smallest absolute Gasteiger partial charge is 0.305 e. The minimum atomic E-state index is -0.879. The first-order chi connectivity index (χ1) is 6.09. The minimum Gasteiger partial charge on any atom is -0.481 e. The predicted octanol–water partition coefficient (Wildman–Crippen LogP) is 2.35. The zero-order chi connectivity index (χ0) is 9.84. The van der Waals surface area contributed by atoms with Gasteiger partial charge in [-0.05, 0) is 17.7 Å². The van der Waals surface area contributed by atoms with Crippen molar-refractivity contribution in [3.8, 4) is 0 Å². The molecule has 0 saturated carbocycles. The van der Waals surface area contributed by atoms with E-state index >= 15 is 0 Å². The molecule has 0 heterocycles. The molecule has 1 rings (SSSR count). The van der Waals surface area contributed by atoms with E-state index in [0.29, 0.717) is 0 Å². The SMILES string of the molecule is Cl.NC(CC(=O)O)c1ccc(Br)cc1. The highest BCUT2D eigenvalue weighted by molar-refractivity contribution is 9.10. The Balaban J connectivity index is 0.00000169.